The number of halogens is 3. The Labute approximate surface area is 162 Å². The average molecular weight is 402 g/mol. The molecule has 1 heterocycles. The summed E-state index contributed by atoms with van der Waals surface area (Å²) in [6, 6.07) is 13.6. The van der Waals surface area contributed by atoms with Crippen LogP contribution in [0.5, 0.6) is 0 Å². The van der Waals surface area contributed by atoms with Crippen LogP contribution in [-0.4, -0.2) is 10.8 Å². The van der Waals surface area contributed by atoms with Crippen LogP contribution >= 0.6 is 0 Å². The van der Waals surface area contributed by atoms with Gasteiger partial charge in [-0.05, 0) is 36.4 Å². The molecular formula is C20H13F3N2O4. The lowest BCUT2D eigenvalue weighted by atomic mass is 10.1. The van der Waals surface area contributed by atoms with Gasteiger partial charge in [-0.1, -0.05) is 24.3 Å². The van der Waals surface area contributed by atoms with Gasteiger partial charge in [0.05, 0.1) is 21.7 Å². The molecule has 2 aromatic carbocycles. The summed E-state index contributed by atoms with van der Waals surface area (Å²) < 4.78 is 44.4. The van der Waals surface area contributed by atoms with Gasteiger partial charge >= 0.3 is 6.18 Å². The first-order chi connectivity index (χ1) is 13.8. The molecule has 0 spiro atoms. The maximum atomic E-state index is 13.0. The van der Waals surface area contributed by atoms with E-state index in [0.29, 0.717) is 0 Å². The zero-order chi connectivity index (χ0) is 21.0. The minimum Gasteiger partial charge on any atom is -0.456 e. The van der Waals surface area contributed by atoms with Gasteiger partial charge in [0.2, 0.25) is 5.91 Å². The van der Waals surface area contributed by atoms with Crippen molar-refractivity contribution in [2.75, 3.05) is 5.32 Å². The fourth-order valence-corrected chi connectivity index (χ4v) is 2.60. The number of rotatable bonds is 5. The molecule has 0 saturated heterocycles. The Bertz CT molecular complexity index is 1090. The molecular weight excluding hydrogens is 389 g/mol. The summed E-state index contributed by atoms with van der Waals surface area (Å²) in [5.41, 5.74) is -1.20. The smallest absolute Gasteiger partial charge is 0.418 e. The zero-order valence-corrected chi connectivity index (χ0v) is 14.6. The first kappa shape index (κ1) is 19.9. The third-order valence-electron chi connectivity index (χ3n) is 3.88. The summed E-state index contributed by atoms with van der Waals surface area (Å²) in [7, 11) is 0. The number of nitrogens with zero attached hydrogens (tertiary/aromatic N) is 1. The molecule has 0 saturated carbocycles. The van der Waals surface area contributed by atoms with Crippen LogP contribution in [0.1, 0.15) is 11.3 Å². The molecule has 0 unspecified atom stereocenters. The van der Waals surface area contributed by atoms with Gasteiger partial charge < -0.3 is 9.73 Å². The lowest BCUT2D eigenvalue weighted by molar-refractivity contribution is -0.384. The second-order valence-corrected chi connectivity index (χ2v) is 5.84. The van der Waals surface area contributed by atoms with Crippen molar-refractivity contribution in [2.24, 2.45) is 0 Å². The number of benzene rings is 2. The number of carbonyl (C=O) groups is 1. The number of hydrogen-bond donors (Lipinski definition) is 1. The molecule has 1 amide bonds. The maximum absolute atomic E-state index is 13.0. The van der Waals surface area contributed by atoms with E-state index < -0.39 is 22.6 Å². The van der Waals surface area contributed by atoms with Crippen molar-refractivity contribution in [3.63, 3.8) is 0 Å². The Morgan fingerprint density at radius 1 is 1.03 bits per heavy atom. The van der Waals surface area contributed by atoms with Gasteiger partial charge in [-0.25, -0.2) is 0 Å². The molecule has 29 heavy (non-hydrogen) atoms. The first-order valence-electron chi connectivity index (χ1n) is 8.24. The van der Waals surface area contributed by atoms with Gasteiger partial charge in [0.15, 0.2) is 0 Å². The third-order valence-corrected chi connectivity index (χ3v) is 3.88. The van der Waals surface area contributed by atoms with Crippen LogP contribution in [0.15, 0.2) is 71.2 Å². The second kappa shape index (κ2) is 8.01. The highest BCUT2D eigenvalue weighted by molar-refractivity contribution is 6.02. The quantitative estimate of drug-likeness (QED) is 0.346. The number of anilines is 1. The summed E-state index contributed by atoms with van der Waals surface area (Å²) in [5.74, 6) is -0.359. The fraction of sp³-hybridized carbons (Fsp3) is 0.0500. The van der Waals surface area contributed by atoms with Crippen LogP contribution in [0.25, 0.3) is 17.4 Å². The number of para-hydroxylation sites is 2. The Morgan fingerprint density at radius 2 is 1.72 bits per heavy atom. The normalized spacial score (nSPS) is 11.6. The third kappa shape index (κ3) is 4.70. The van der Waals surface area contributed by atoms with Gasteiger partial charge in [-0.2, -0.15) is 13.2 Å². The average Bonchev–Trinajstić information content (AvgIpc) is 3.15. The number of nitro groups is 1. The SMILES string of the molecule is O=C(C=Cc1ccc(-c2ccccc2[N+](=O)[O-])o1)Nc1ccccc1C(F)(F)F. The van der Waals surface area contributed by atoms with E-state index >= 15 is 0 Å². The molecule has 0 bridgehead atoms. The first-order valence-corrected chi connectivity index (χ1v) is 8.24. The predicted molar refractivity (Wildman–Crippen MR) is 99.9 cm³/mol. The Balaban J connectivity index is 1.76. The van der Waals surface area contributed by atoms with Crippen molar-refractivity contribution in [1.29, 1.82) is 0 Å². The van der Waals surface area contributed by atoms with Crippen LogP contribution in [0.2, 0.25) is 0 Å². The Morgan fingerprint density at radius 3 is 2.45 bits per heavy atom. The summed E-state index contributed by atoms with van der Waals surface area (Å²) in [5, 5.41) is 13.3. The summed E-state index contributed by atoms with van der Waals surface area (Å²) >= 11 is 0. The van der Waals surface area contributed by atoms with Gasteiger partial charge in [-0.15, -0.1) is 0 Å². The maximum Gasteiger partial charge on any atom is 0.418 e. The van der Waals surface area contributed by atoms with Gasteiger partial charge in [0.25, 0.3) is 5.69 Å². The highest BCUT2D eigenvalue weighted by atomic mass is 19.4. The molecule has 0 aliphatic carbocycles. The summed E-state index contributed by atoms with van der Waals surface area (Å²) in [6.07, 6.45) is -2.34. The molecule has 0 aliphatic rings. The zero-order valence-electron chi connectivity index (χ0n) is 14.6. The molecule has 0 radical (unpaired) electrons. The van der Waals surface area contributed by atoms with Crippen LogP contribution in [0.4, 0.5) is 24.5 Å². The van der Waals surface area contributed by atoms with E-state index in [9.17, 15) is 28.1 Å². The molecule has 148 valence electrons. The van der Waals surface area contributed by atoms with E-state index in [1.54, 1.807) is 6.07 Å². The summed E-state index contributed by atoms with van der Waals surface area (Å²) in [6.45, 7) is 0. The largest absolute Gasteiger partial charge is 0.456 e. The van der Waals surface area contributed by atoms with E-state index in [-0.39, 0.29) is 28.5 Å². The van der Waals surface area contributed by atoms with Crippen molar-refractivity contribution in [3.8, 4) is 11.3 Å². The Kier molecular flexibility index (Phi) is 5.49. The molecule has 6 nitrogen and oxygen atoms in total. The number of hydrogen-bond acceptors (Lipinski definition) is 4. The lowest BCUT2D eigenvalue weighted by Gasteiger charge is -2.12. The van der Waals surface area contributed by atoms with E-state index in [1.165, 1.54) is 48.5 Å². The van der Waals surface area contributed by atoms with Crippen LogP contribution in [0.3, 0.4) is 0 Å². The van der Waals surface area contributed by atoms with E-state index in [4.69, 9.17) is 4.42 Å². The molecule has 1 N–H and O–H groups in total. The van der Waals surface area contributed by atoms with Gasteiger partial charge in [0, 0.05) is 12.1 Å². The second-order valence-electron chi connectivity index (χ2n) is 5.84. The monoisotopic (exact) mass is 402 g/mol. The molecule has 9 heteroatoms. The molecule has 3 rings (SSSR count). The number of alkyl halides is 3. The van der Waals surface area contributed by atoms with Gasteiger partial charge in [-0.3, -0.25) is 14.9 Å². The molecule has 0 atom stereocenters. The number of nitro benzene ring substituents is 1. The number of nitrogens with one attached hydrogen (secondary N) is 1. The lowest BCUT2D eigenvalue weighted by Crippen LogP contribution is -2.14. The fourth-order valence-electron chi connectivity index (χ4n) is 2.60. The van der Waals surface area contributed by atoms with Gasteiger partial charge in [0.1, 0.15) is 11.5 Å². The van der Waals surface area contributed by atoms with Crippen LogP contribution in [-0.2, 0) is 11.0 Å². The topological polar surface area (TPSA) is 85.4 Å². The van der Waals surface area contributed by atoms with Crippen LogP contribution < -0.4 is 5.32 Å². The number of carbonyl (C=O) groups excluding carboxylic acids is 1. The van der Waals surface area contributed by atoms with E-state index in [2.05, 4.69) is 5.32 Å². The van der Waals surface area contributed by atoms with Crippen molar-refractivity contribution in [1.82, 2.24) is 0 Å². The highest BCUT2D eigenvalue weighted by Crippen LogP contribution is 2.34. The van der Waals surface area contributed by atoms with Crippen molar-refractivity contribution in [3.05, 3.63) is 88.2 Å². The van der Waals surface area contributed by atoms with E-state index in [1.807, 2.05) is 0 Å². The minimum absolute atomic E-state index is 0.140. The number of furan rings is 1. The summed E-state index contributed by atoms with van der Waals surface area (Å²) in [4.78, 5) is 22.6. The van der Waals surface area contributed by atoms with Crippen LogP contribution in [0, 0.1) is 10.1 Å². The molecule has 0 aliphatic heterocycles. The van der Waals surface area contributed by atoms with Crippen molar-refractivity contribution in [2.45, 2.75) is 6.18 Å². The molecule has 1 aromatic heterocycles. The highest BCUT2D eigenvalue weighted by Gasteiger charge is 2.33. The number of amides is 1. The molecule has 0 fully saturated rings. The predicted octanol–water partition coefficient (Wildman–Crippen LogP) is 5.53. The minimum atomic E-state index is -4.60. The standard InChI is InChI=1S/C20H13F3N2O4/c21-20(22,23)15-6-2-3-7-16(15)24-19(26)12-10-13-9-11-18(29-13)14-5-1-4-8-17(14)25(27)28/h1-12H,(H,24,26). The Hall–Kier alpha value is -3.88. The van der Waals surface area contributed by atoms with E-state index in [0.717, 1.165) is 18.2 Å². The molecule has 3 aromatic rings. The van der Waals surface area contributed by atoms with Crippen molar-refractivity contribution >= 4 is 23.4 Å². The van der Waals surface area contributed by atoms with Crippen molar-refractivity contribution < 1.29 is 27.3 Å².